The number of aryl methyl sites for hydroxylation is 1. The predicted octanol–water partition coefficient (Wildman–Crippen LogP) is 2.79. The van der Waals surface area contributed by atoms with Gasteiger partial charge in [-0.1, -0.05) is 20.3 Å². The first-order chi connectivity index (χ1) is 10.6. The molecule has 1 saturated heterocycles. The molecule has 0 aromatic carbocycles. The van der Waals surface area contributed by atoms with Crippen molar-refractivity contribution in [3.8, 4) is 0 Å². The molecular weight excluding hydrogens is 274 g/mol. The van der Waals surface area contributed by atoms with Gasteiger partial charge < -0.3 is 10.2 Å². The molecule has 5 nitrogen and oxygen atoms in total. The largest absolute Gasteiger partial charge is 0.357 e. The minimum absolute atomic E-state index is 0.426. The molecular formula is C17H31N5. The fraction of sp³-hybridized carbons (Fsp3) is 0.765. The molecule has 22 heavy (non-hydrogen) atoms. The van der Waals surface area contributed by atoms with Crippen molar-refractivity contribution >= 4 is 5.96 Å². The van der Waals surface area contributed by atoms with E-state index < -0.39 is 0 Å². The molecule has 5 heteroatoms. The summed E-state index contributed by atoms with van der Waals surface area (Å²) in [5, 5.41) is 7.67. The van der Waals surface area contributed by atoms with Crippen LogP contribution in [0.4, 0.5) is 0 Å². The van der Waals surface area contributed by atoms with Crippen molar-refractivity contribution in [3.63, 3.8) is 0 Å². The first-order valence-electron chi connectivity index (χ1n) is 8.58. The van der Waals surface area contributed by atoms with E-state index in [0.29, 0.717) is 12.0 Å². The Bertz CT molecular complexity index is 489. The summed E-state index contributed by atoms with van der Waals surface area (Å²) in [6.45, 7) is 10.6. The van der Waals surface area contributed by atoms with Crippen LogP contribution in [0.3, 0.4) is 0 Å². The van der Waals surface area contributed by atoms with E-state index in [1.807, 2.05) is 24.0 Å². The van der Waals surface area contributed by atoms with Gasteiger partial charge in [0.25, 0.3) is 0 Å². The summed E-state index contributed by atoms with van der Waals surface area (Å²) in [5.41, 5.74) is 1.57. The molecule has 1 unspecified atom stereocenters. The molecule has 2 heterocycles. The van der Waals surface area contributed by atoms with Crippen molar-refractivity contribution in [3.05, 3.63) is 18.0 Å². The number of piperidine rings is 1. The molecule has 0 aliphatic carbocycles. The monoisotopic (exact) mass is 305 g/mol. The second kappa shape index (κ2) is 7.65. The number of aromatic nitrogens is 2. The molecule has 124 valence electrons. The number of rotatable bonds is 5. The van der Waals surface area contributed by atoms with E-state index in [-0.39, 0.29) is 0 Å². The molecule has 1 fully saturated rings. The minimum Gasteiger partial charge on any atom is -0.357 e. The Labute approximate surface area is 134 Å². The smallest absolute Gasteiger partial charge is 0.194 e. The lowest BCUT2D eigenvalue weighted by Gasteiger charge is -2.42. The van der Waals surface area contributed by atoms with Crippen LogP contribution in [0.15, 0.2) is 17.3 Å². The first kappa shape index (κ1) is 16.8. The van der Waals surface area contributed by atoms with Crippen LogP contribution in [0.25, 0.3) is 0 Å². The zero-order valence-corrected chi connectivity index (χ0v) is 14.6. The lowest BCUT2D eigenvalue weighted by molar-refractivity contribution is 0.142. The summed E-state index contributed by atoms with van der Waals surface area (Å²) in [4.78, 5) is 7.28. The number of aliphatic imine (C=N–C) groups is 1. The molecule has 1 N–H and O–H groups in total. The second-order valence-electron chi connectivity index (χ2n) is 6.70. The Morgan fingerprint density at radius 2 is 2.27 bits per heavy atom. The molecule has 0 spiro atoms. The van der Waals surface area contributed by atoms with Crippen molar-refractivity contribution in [2.75, 3.05) is 19.6 Å². The van der Waals surface area contributed by atoms with Crippen molar-refractivity contribution in [1.29, 1.82) is 0 Å². The van der Waals surface area contributed by atoms with Gasteiger partial charge in [-0.3, -0.25) is 4.68 Å². The third-order valence-electron chi connectivity index (χ3n) is 4.58. The molecule has 1 atom stereocenters. The number of nitrogens with zero attached hydrogens (tertiary/aromatic N) is 4. The van der Waals surface area contributed by atoms with E-state index in [4.69, 9.17) is 4.99 Å². The first-order valence-corrected chi connectivity index (χ1v) is 8.58. The number of guanidine groups is 1. The summed E-state index contributed by atoms with van der Waals surface area (Å²) in [6, 6.07) is 2.03. The van der Waals surface area contributed by atoms with E-state index in [1.165, 1.54) is 25.7 Å². The zero-order valence-electron chi connectivity index (χ0n) is 14.6. The van der Waals surface area contributed by atoms with Gasteiger partial charge in [0.1, 0.15) is 0 Å². The zero-order chi connectivity index (χ0) is 16.0. The maximum absolute atomic E-state index is 4.84. The second-order valence-corrected chi connectivity index (χ2v) is 6.70. The molecule has 0 radical (unpaired) electrons. The predicted molar refractivity (Wildman–Crippen MR) is 91.8 cm³/mol. The topological polar surface area (TPSA) is 45.5 Å². The summed E-state index contributed by atoms with van der Waals surface area (Å²) >= 11 is 0. The van der Waals surface area contributed by atoms with Gasteiger partial charge in [-0.25, -0.2) is 4.99 Å². The van der Waals surface area contributed by atoms with Gasteiger partial charge in [-0.05, 0) is 37.7 Å². The molecule has 1 aromatic heterocycles. The maximum atomic E-state index is 4.84. The quantitative estimate of drug-likeness (QED) is 0.672. The van der Waals surface area contributed by atoms with Crippen molar-refractivity contribution < 1.29 is 0 Å². The van der Waals surface area contributed by atoms with Crippen LogP contribution in [0.2, 0.25) is 0 Å². The fourth-order valence-electron chi connectivity index (χ4n) is 3.44. The van der Waals surface area contributed by atoms with Crippen molar-refractivity contribution in [2.24, 2.45) is 17.5 Å². The lowest BCUT2D eigenvalue weighted by atomic mass is 9.78. The Balaban J connectivity index is 2.08. The average Bonchev–Trinajstić information content (AvgIpc) is 2.89. The third-order valence-corrected chi connectivity index (χ3v) is 4.58. The highest BCUT2D eigenvalue weighted by Crippen LogP contribution is 2.33. The normalized spacial score (nSPS) is 22.9. The van der Waals surface area contributed by atoms with Crippen molar-refractivity contribution in [1.82, 2.24) is 20.0 Å². The van der Waals surface area contributed by atoms with E-state index in [9.17, 15) is 0 Å². The summed E-state index contributed by atoms with van der Waals surface area (Å²) in [6.07, 6.45) is 6.97. The summed E-state index contributed by atoms with van der Waals surface area (Å²) in [7, 11) is 1.97. The molecule has 1 aromatic rings. The van der Waals surface area contributed by atoms with Crippen LogP contribution < -0.4 is 5.32 Å². The summed E-state index contributed by atoms with van der Waals surface area (Å²) in [5.74, 6) is 1.05. The Kier molecular flexibility index (Phi) is 5.86. The van der Waals surface area contributed by atoms with Crippen LogP contribution >= 0.6 is 0 Å². The van der Waals surface area contributed by atoms with Crippen LogP contribution in [-0.2, 0) is 13.6 Å². The van der Waals surface area contributed by atoms with Crippen LogP contribution in [0.1, 0.15) is 52.1 Å². The van der Waals surface area contributed by atoms with Crippen LogP contribution in [0.5, 0.6) is 0 Å². The summed E-state index contributed by atoms with van der Waals surface area (Å²) < 4.78 is 1.89. The Hall–Kier alpha value is -1.52. The van der Waals surface area contributed by atoms with Gasteiger partial charge in [-0.15, -0.1) is 0 Å². The molecule has 1 aliphatic rings. The maximum Gasteiger partial charge on any atom is 0.194 e. The molecule has 1 aliphatic heterocycles. The number of hydrogen-bond donors (Lipinski definition) is 1. The van der Waals surface area contributed by atoms with Gasteiger partial charge in [0.05, 0.1) is 12.2 Å². The minimum atomic E-state index is 0.426. The van der Waals surface area contributed by atoms with E-state index >= 15 is 0 Å². The number of likely N-dealkylation sites (tertiary alicyclic amines) is 1. The highest BCUT2D eigenvalue weighted by atomic mass is 15.3. The van der Waals surface area contributed by atoms with Gasteiger partial charge in [0.15, 0.2) is 5.96 Å². The standard InChI is InChI=1S/C17H31N5/c1-5-9-17(3)10-7-12-22(14-17)16(18-6-2)19-13-15-8-11-20-21(15)4/h8,11H,5-7,9-10,12-14H2,1-4H3,(H,18,19). The van der Waals surface area contributed by atoms with E-state index in [0.717, 1.165) is 31.3 Å². The highest BCUT2D eigenvalue weighted by molar-refractivity contribution is 5.80. The molecule has 2 rings (SSSR count). The van der Waals surface area contributed by atoms with Gasteiger partial charge in [0, 0.05) is 32.9 Å². The van der Waals surface area contributed by atoms with Crippen molar-refractivity contribution in [2.45, 2.75) is 53.0 Å². The third kappa shape index (κ3) is 4.24. The van der Waals surface area contributed by atoms with E-state index in [1.54, 1.807) is 0 Å². The lowest BCUT2D eigenvalue weighted by Crippen LogP contribution is -2.49. The number of hydrogen-bond acceptors (Lipinski definition) is 2. The van der Waals surface area contributed by atoms with E-state index in [2.05, 4.69) is 36.1 Å². The molecule has 0 saturated carbocycles. The molecule has 0 bridgehead atoms. The van der Waals surface area contributed by atoms with Crippen LogP contribution in [0, 0.1) is 5.41 Å². The SMILES string of the molecule is CCCC1(C)CCCN(C(=NCc2ccnn2C)NCC)C1. The Morgan fingerprint density at radius 3 is 2.91 bits per heavy atom. The fourth-order valence-corrected chi connectivity index (χ4v) is 3.44. The van der Waals surface area contributed by atoms with Gasteiger partial charge >= 0.3 is 0 Å². The van der Waals surface area contributed by atoms with Crippen LogP contribution in [-0.4, -0.2) is 40.3 Å². The average molecular weight is 305 g/mol. The van der Waals surface area contributed by atoms with Gasteiger partial charge in [0.2, 0.25) is 0 Å². The molecule has 0 amide bonds. The number of nitrogens with one attached hydrogen (secondary N) is 1. The Morgan fingerprint density at radius 1 is 1.45 bits per heavy atom. The van der Waals surface area contributed by atoms with Gasteiger partial charge in [-0.2, -0.15) is 5.10 Å². The highest BCUT2D eigenvalue weighted by Gasteiger charge is 2.31.